The molecule has 0 aliphatic rings. The summed E-state index contributed by atoms with van der Waals surface area (Å²) in [7, 11) is 0. The Morgan fingerprint density at radius 2 is 1.54 bits per heavy atom. The average molecular weight is 371 g/mol. The molecule has 142 valence electrons. The Morgan fingerprint density at radius 1 is 0.893 bits per heavy atom. The molecule has 3 aromatic carbocycles. The van der Waals surface area contributed by atoms with Crippen LogP contribution < -0.4 is 10.1 Å². The molecule has 0 unspecified atom stereocenters. The van der Waals surface area contributed by atoms with Crippen molar-refractivity contribution in [2.75, 3.05) is 11.9 Å². The lowest BCUT2D eigenvalue weighted by Gasteiger charge is -2.14. The van der Waals surface area contributed by atoms with E-state index in [0.717, 1.165) is 24.0 Å². The Morgan fingerprint density at radius 3 is 2.25 bits per heavy atom. The lowest BCUT2D eigenvalue weighted by atomic mass is 10.0. The third kappa shape index (κ3) is 5.34. The fourth-order valence-electron chi connectivity index (χ4n) is 2.83. The Kier molecular flexibility index (Phi) is 7.02. The number of hydrogen-bond donors (Lipinski definition) is 1. The van der Waals surface area contributed by atoms with Gasteiger partial charge in [-0.25, -0.2) is 0 Å². The topological polar surface area (TPSA) is 38.3 Å². The third-order valence-electron chi connectivity index (χ3n) is 4.33. The Bertz CT molecular complexity index is 918. The van der Waals surface area contributed by atoms with E-state index in [9.17, 15) is 4.79 Å². The molecular weight excluding hydrogens is 346 g/mol. The number of benzene rings is 3. The monoisotopic (exact) mass is 371 g/mol. The van der Waals surface area contributed by atoms with Gasteiger partial charge < -0.3 is 10.1 Å². The number of rotatable bonds is 8. The number of nitrogens with one attached hydrogen (secondary N) is 1. The van der Waals surface area contributed by atoms with Gasteiger partial charge in [0.1, 0.15) is 5.75 Å². The van der Waals surface area contributed by atoms with Crippen molar-refractivity contribution in [1.29, 1.82) is 0 Å². The standard InChI is InChI=1S/C25H25NO2/c1-2-3-18-28-24-17-11-10-16-23(24)26-25(27)22(21-14-8-5-9-15-21)19-20-12-6-4-7-13-20/h4-17,19H,2-3,18H2,1H3,(H,26,27). The second-order valence-electron chi connectivity index (χ2n) is 6.49. The number of ether oxygens (including phenoxy) is 1. The zero-order chi connectivity index (χ0) is 19.6. The van der Waals surface area contributed by atoms with E-state index in [0.29, 0.717) is 23.6 Å². The van der Waals surface area contributed by atoms with Crippen LogP contribution in [0.5, 0.6) is 5.75 Å². The van der Waals surface area contributed by atoms with Crippen LogP contribution in [0.1, 0.15) is 30.9 Å². The Labute approximate surface area is 166 Å². The molecule has 0 aliphatic heterocycles. The van der Waals surface area contributed by atoms with E-state index in [4.69, 9.17) is 4.74 Å². The first kappa shape index (κ1) is 19.4. The van der Waals surface area contributed by atoms with Crippen LogP contribution in [0.3, 0.4) is 0 Å². The largest absolute Gasteiger partial charge is 0.491 e. The van der Waals surface area contributed by atoms with Gasteiger partial charge in [-0.15, -0.1) is 0 Å². The van der Waals surface area contributed by atoms with Gasteiger partial charge in [0.05, 0.1) is 12.3 Å². The average Bonchev–Trinajstić information content (AvgIpc) is 2.75. The number of carbonyl (C=O) groups excluding carboxylic acids is 1. The van der Waals surface area contributed by atoms with Crippen molar-refractivity contribution in [1.82, 2.24) is 0 Å². The molecule has 3 rings (SSSR count). The maximum Gasteiger partial charge on any atom is 0.256 e. The fraction of sp³-hybridized carbons (Fsp3) is 0.160. The van der Waals surface area contributed by atoms with Crippen molar-refractivity contribution >= 4 is 23.2 Å². The SMILES string of the molecule is CCCCOc1ccccc1NC(=O)C(=Cc1ccccc1)c1ccccc1. The second-order valence-corrected chi connectivity index (χ2v) is 6.49. The fourth-order valence-corrected chi connectivity index (χ4v) is 2.83. The summed E-state index contributed by atoms with van der Waals surface area (Å²) >= 11 is 0. The summed E-state index contributed by atoms with van der Waals surface area (Å²) in [5, 5.41) is 3.02. The van der Waals surface area contributed by atoms with Crippen LogP contribution >= 0.6 is 0 Å². The summed E-state index contributed by atoms with van der Waals surface area (Å²) in [5.74, 6) is 0.526. The van der Waals surface area contributed by atoms with Crippen molar-refractivity contribution in [2.45, 2.75) is 19.8 Å². The molecule has 0 radical (unpaired) electrons. The zero-order valence-electron chi connectivity index (χ0n) is 16.1. The number of hydrogen-bond acceptors (Lipinski definition) is 2. The van der Waals surface area contributed by atoms with E-state index in [1.165, 1.54) is 0 Å². The van der Waals surface area contributed by atoms with Gasteiger partial charge in [-0.2, -0.15) is 0 Å². The summed E-state index contributed by atoms with van der Waals surface area (Å²) in [6.07, 6.45) is 3.95. The molecule has 3 aromatic rings. The van der Waals surface area contributed by atoms with Gasteiger partial charge in [0.15, 0.2) is 0 Å². The van der Waals surface area contributed by atoms with Crippen LogP contribution in [0.2, 0.25) is 0 Å². The number of anilines is 1. The van der Waals surface area contributed by atoms with Crippen molar-refractivity contribution in [2.24, 2.45) is 0 Å². The number of unbranched alkanes of at least 4 members (excludes halogenated alkanes) is 1. The molecule has 3 nitrogen and oxygen atoms in total. The molecular formula is C25H25NO2. The lowest BCUT2D eigenvalue weighted by molar-refractivity contribution is -0.111. The second kappa shape index (κ2) is 10.1. The Hall–Kier alpha value is -3.33. The zero-order valence-corrected chi connectivity index (χ0v) is 16.1. The molecule has 0 atom stereocenters. The van der Waals surface area contributed by atoms with Crippen LogP contribution in [-0.4, -0.2) is 12.5 Å². The van der Waals surface area contributed by atoms with Gasteiger partial charge in [0.25, 0.3) is 5.91 Å². The van der Waals surface area contributed by atoms with E-state index < -0.39 is 0 Å². The van der Waals surface area contributed by atoms with E-state index in [1.54, 1.807) is 0 Å². The normalized spacial score (nSPS) is 11.1. The predicted molar refractivity (Wildman–Crippen MR) is 116 cm³/mol. The van der Waals surface area contributed by atoms with Crippen LogP contribution in [0.25, 0.3) is 11.6 Å². The van der Waals surface area contributed by atoms with E-state index in [2.05, 4.69) is 12.2 Å². The van der Waals surface area contributed by atoms with E-state index >= 15 is 0 Å². The van der Waals surface area contributed by atoms with Crippen LogP contribution in [0.4, 0.5) is 5.69 Å². The highest BCUT2D eigenvalue weighted by Gasteiger charge is 2.14. The highest BCUT2D eigenvalue weighted by Crippen LogP contribution is 2.27. The summed E-state index contributed by atoms with van der Waals surface area (Å²) in [5.41, 5.74) is 3.13. The van der Waals surface area contributed by atoms with E-state index in [1.807, 2.05) is 91.0 Å². The van der Waals surface area contributed by atoms with Gasteiger partial charge in [0.2, 0.25) is 0 Å². The van der Waals surface area contributed by atoms with Crippen molar-refractivity contribution in [3.05, 3.63) is 96.1 Å². The lowest BCUT2D eigenvalue weighted by Crippen LogP contribution is -2.14. The summed E-state index contributed by atoms with van der Waals surface area (Å²) in [6.45, 7) is 2.76. The van der Waals surface area contributed by atoms with Crippen LogP contribution in [-0.2, 0) is 4.79 Å². The minimum atomic E-state index is -0.165. The highest BCUT2D eigenvalue weighted by molar-refractivity contribution is 6.29. The van der Waals surface area contributed by atoms with E-state index in [-0.39, 0.29) is 5.91 Å². The quantitative estimate of drug-likeness (QED) is 0.298. The van der Waals surface area contributed by atoms with Crippen molar-refractivity contribution < 1.29 is 9.53 Å². The maximum absolute atomic E-state index is 13.2. The first-order valence-corrected chi connectivity index (χ1v) is 9.63. The van der Waals surface area contributed by atoms with Gasteiger partial charge in [0, 0.05) is 5.57 Å². The molecule has 3 heteroatoms. The predicted octanol–water partition coefficient (Wildman–Crippen LogP) is 6.04. The first-order chi connectivity index (χ1) is 13.8. The molecule has 0 bridgehead atoms. The van der Waals surface area contributed by atoms with Crippen LogP contribution in [0.15, 0.2) is 84.9 Å². The van der Waals surface area contributed by atoms with Gasteiger partial charge in [-0.05, 0) is 35.8 Å². The summed E-state index contributed by atoms with van der Waals surface area (Å²) in [4.78, 5) is 13.2. The minimum Gasteiger partial charge on any atom is -0.491 e. The molecule has 0 saturated carbocycles. The molecule has 0 fully saturated rings. The van der Waals surface area contributed by atoms with Crippen molar-refractivity contribution in [3.8, 4) is 5.75 Å². The number of carbonyl (C=O) groups is 1. The summed E-state index contributed by atoms with van der Waals surface area (Å²) in [6, 6.07) is 27.1. The molecule has 0 aliphatic carbocycles. The molecule has 0 spiro atoms. The highest BCUT2D eigenvalue weighted by atomic mass is 16.5. The first-order valence-electron chi connectivity index (χ1n) is 9.63. The minimum absolute atomic E-state index is 0.165. The number of amides is 1. The van der Waals surface area contributed by atoms with Crippen LogP contribution in [0, 0.1) is 0 Å². The Balaban J connectivity index is 1.88. The molecule has 1 N–H and O–H groups in total. The molecule has 0 aromatic heterocycles. The summed E-state index contributed by atoms with van der Waals surface area (Å²) < 4.78 is 5.85. The molecule has 0 heterocycles. The van der Waals surface area contributed by atoms with Crippen molar-refractivity contribution in [3.63, 3.8) is 0 Å². The third-order valence-corrected chi connectivity index (χ3v) is 4.33. The maximum atomic E-state index is 13.2. The van der Waals surface area contributed by atoms with Gasteiger partial charge in [-0.3, -0.25) is 4.79 Å². The smallest absolute Gasteiger partial charge is 0.256 e. The number of para-hydroxylation sites is 2. The van der Waals surface area contributed by atoms with Gasteiger partial charge >= 0.3 is 0 Å². The molecule has 28 heavy (non-hydrogen) atoms. The van der Waals surface area contributed by atoms with Gasteiger partial charge in [-0.1, -0.05) is 86.1 Å². The molecule has 0 saturated heterocycles. The molecule has 1 amide bonds.